The van der Waals surface area contributed by atoms with E-state index >= 15 is 0 Å². The predicted molar refractivity (Wildman–Crippen MR) is 94.9 cm³/mol. The van der Waals surface area contributed by atoms with Crippen LogP contribution in [0.25, 0.3) is 0 Å². The molecule has 116 valence electrons. The second-order valence-electron chi connectivity index (χ2n) is 4.46. The van der Waals surface area contributed by atoms with Crippen LogP contribution in [-0.4, -0.2) is 30.8 Å². The van der Waals surface area contributed by atoms with Gasteiger partial charge in [0, 0.05) is 11.4 Å². The average Bonchev–Trinajstić information content (AvgIpc) is 2.58. The summed E-state index contributed by atoms with van der Waals surface area (Å²) >= 11 is 1.86. The lowest BCUT2D eigenvalue weighted by molar-refractivity contribution is 0.231. The first-order valence-electron chi connectivity index (χ1n) is 8.24. The van der Waals surface area contributed by atoms with Crippen LogP contribution in [0.5, 0.6) is 0 Å². The van der Waals surface area contributed by atoms with Crippen LogP contribution in [-0.2, 0) is 6.42 Å². The summed E-state index contributed by atoms with van der Waals surface area (Å²) in [6, 6.07) is 8.80. The van der Waals surface area contributed by atoms with E-state index in [0.717, 1.165) is 0 Å². The van der Waals surface area contributed by atoms with E-state index < -0.39 is 0 Å². The normalized spacial score (nSPS) is 14.7. The summed E-state index contributed by atoms with van der Waals surface area (Å²) in [5.74, 6) is 0. The molecule has 20 heavy (non-hydrogen) atoms. The molecule has 0 amide bonds. The third kappa shape index (κ3) is 7.35. The minimum atomic E-state index is 1.21. The van der Waals surface area contributed by atoms with E-state index in [0.29, 0.717) is 0 Å². The van der Waals surface area contributed by atoms with E-state index in [1.54, 1.807) is 0 Å². The van der Waals surface area contributed by atoms with Crippen LogP contribution in [0.3, 0.4) is 0 Å². The van der Waals surface area contributed by atoms with Gasteiger partial charge in [-0.2, -0.15) is 0 Å². The number of nitrogens with zero attached hydrogens (tertiary/aromatic N) is 1. The van der Waals surface area contributed by atoms with Crippen molar-refractivity contribution in [2.75, 3.05) is 25.9 Å². The zero-order valence-electron chi connectivity index (χ0n) is 14.1. The van der Waals surface area contributed by atoms with E-state index in [1.807, 2.05) is 39.5 Å². The van der Waals surface area contributed by atoms with Gasteiger partial charge in [-0.3, -0.25) is 0 Å². The Morgan fingerprint density at radius 3 is 2.15 bits per heavy atom. The van der Waals surface area contributed by atoms with Crippen molar-refractivity contribution in [3.8, 4) is 0 Å². The largest absolute Gasteiger partial charge is 0.303 e. The SMILES string of the molecule is CC.CC.CSc1ccccc1CCN1CCCCC1. The molecule has 1 heterocycles. The predicted octanol–water partition coefficient (Wildman–Crippen LogP) is 5.49. The Labute approximate surface area is 131 Å². The Morgan fingerprint density at radius 2 is 1.55 bits per heavy atom. The lowest BCUT2D eigenvalue weighted by Gasteiger charge is -2.26. The first-order valence-corrected chi connectivity index (χ1v) is 9.47. The maximum Gasteiger partial charge on any atom is 0.0102 e. The van der Waals surface area contributed by atoms with Crippen LogP contribution in [0.4, 0.5) is 0 Å². The number of hydrogen-bond donors (Lipinski definition) is 0. The Kier molecular flexibility index (Phi) is 13.2. The molecule has 1 aliphatic heterocycles. The van der Waals surface area contributed by atoms with Crippen LogP contribution < -0.4 is 0 Å². The third-order valence-corrected chi connectivity index (χ3v) is 4.18. The number of hydrogen-bond acceptors (Lipinski definition) is 2. The smallest absolute Gasteiger partial charge is 0.0102 e. The number of likely N-dealkylation sites (tertiary alicyclic amines) is 1. The number of piperidine rings is 1. The van der Waals surface area contributed by atoms with Gasteiger partial charge in [0.25, 0.3) is 0 Å². The summed E-state index contributed by atoms with van der Waals surface area (Å²) in [7, 11) is 0. The summed E-state index contributed by atoms with van der Waals surface area (Å²) < 4.78 is 0. The van der Waals surface area contributed by atoms with Crippen LogP contribution in [0.2, 0.25) is 0 Å². The van der Waals surface area contributed by atoms with Gasteiger partial charge in [-0.05, 0) is 50.2 Å². The van der Waals surface area contributed by atoms with E-state index in [-0.39, 0.29) is 0 Å². The molecule has 0 N–H and O–H groups in total. The molecule has 2 rings (SSSR count). The van der Waals surface area contributed by atoms with Crippen LogP contribution in [0.15, 0.2) is 29.2 Å². The Hall–Kier alpha value is -0.470. The lowest BCUT2D eigenvalue weighted by Crippen LogP contribution is -2.31. The minimum absolute atomic E-state index is 1.21. The molecular weight excluding hydrogens is 262 g/mol. The Bertz CT molecular complexity index is 319. The monoisotopic (exact) mass is 295 g/mol. The summed E-state index contributed by atoms with van der Waals surface area (Å²) in [6.07, 6.45) is 7.59. The molecule has 0 atom stereocenters. The van der Waals surface area contributed by atoms with Crippen molar-refractivity contribution in [1.29, 1.82) is 0 Å². The lowest BCUT2D eigenvalue weighted by atomic mass is 10.1. The highest BCUT2D eigenvalue weighted by Crippen LogP contribution is 2.20. The topological polar surface area (TPSA) is 3.24 Å². The molecular formula is C18H33NS. The van der Waals surface area contributed by atoms with Crippen molar-refractivity contribution >= 4 is 11.8 Å². The van der Waals surface area contributed by atoms with Gasteiger partial charge in [0.1, 0.15) is 0 Å². The molecule has 1 aromatic rings. The zero-order chi connectivity index (χ0) is 15.2. The van der Waals surface area contributed by atoms with Crippen LogP contribution in [0, 0.1) is 0 Å². The van der Waals surface area contributed by atoms with Gasteiger partial charge >= 0.3 is 0 Å². The summed E-state index contributed by atoms with van der Waals surface area (Å²) in [4.78, 5) is 4.06. The maximum absolute atomic E-state index is 2.61. The first-order chi connectivity index (χ1) is 9.90. The maximum atomic E-state index is 2.61. The van der Waals surface area contributed by atoms with Crippen molar-refractivity contribution in [2.24, 2.45) is 0 Å². The van der Waals surface area contributed by atoms with Crippen LogP contribution >= 0.6 is 11.8 Å². The summed E-state index contributed by atoms with van der Waals surface area (Å²) in [5.41, 5.74) is 1.51. The molecule has 0 aliphatic carbocycles. The van der Waals surface area contributed by atoms with Gasteiger partial charge in [-0.15, -0.1) is 11.8 Å². The third-order valence-electron chi connectivity index (χ3n) is 3.34. The number of rotatable bonds is 4. The molecule has 0 radical (unpaired) electrons. The average molecular weight is 296 g/mol. The highest BCUT2D eigenvalue weighted by molar-refractivity contribution is 7.98. The van der Waals surface area contributed by atoms with E-state index in [4.69, 9.17) is 0 Å². The van der Waals surface area contributed by atoms with E-state index in [1.165, 1.54) is 55.8 Å². The Morgan fingerprint density at radius 1 is 0.950 bits per heavy atom. The number of benzene rings is 1. The van der Waals surface area contributed by atoms with E-state index in [2.05, 4.69) is 35.4 Å². The molecule has 1 nitrogen and oxygen atoms in total. The summed E-state index contributed by atoms with van der Waals surface area (Å²) in [6.45, 7) is 11.8. The molecule has 0 unspecified atom stereocenters. The Balaban J connectivity index is 0.000000829. The molecule has 1 aliphatic rings. The second kappa shape index (κ2) is 13.5. The van der Waals surface area contributed by atoms with Gasteiger partial charge in [0.05, 0.1) is 0 Å². The molecule has 0 saturated carbocycles. The van der Waals surface area contributed by atoms with Gasteiger partial charge in [-0.25, -0.2) is 0 Å². The van der Waals surface area contributed by atoms with Gasteiger partial charge in [0.15, 0.2) is 0 Å². The van der Waals surface area contributed by atoms with Crippen molar-refractivity contribution in [2.45, 2.75) is 58.3 Å². The molecule has 1 aromatic carbocycles. The van der Waals surface area contributed by atoms with Gasteiger partial charge in [-0.1, -0.05) is 52.3 Å². The molecule has 0 bridgehead atoms. The first kappa shape index (κ1) is 19.5. The van der Waals surface area contributed by atoms with Crippen molar-refractivity contribution < 1.29 is 0 Å². The highest BCUT2D eigenvalue weighted by atomic mass is 32.2. The van der Waals surface area contributed by atoms with Gasteiger partial charge < -0.3 is 4.90 Å². The van der Waals surface area contributed by atoms with Crippen molar-refractivity contribution in [3.63, 3.8) is 0 Å². The molecule has 2 heteroatoms. The zero-order valence-corrected chi connectivity index (χ0v) is 14.9. The van der Waals surface area contributed by atoms with Crippen molar-refractivity contribution in [1.82, 2.24) is 4.90 Å². The van der Waals surface area contributed by atoms with Gasteiger partial charge in [0.2, 0.25) is 0 Å². The fraction of sp³-hybridized carbons (Fsp3) is 0.667. The second-order valence-corrected chi connectivity index (χ2v) is 5.31. The van der Waals surface area contributed by atoms with Crippen molar-refractivity contribution in [3.05, 3.63) is 29.8 Å². The highest BCUT2D eigenvalue weighted by Gasteiger charge is 2.10. The fourth-order valence-electron chi connectivity index (χ4n) is 2.37. The molecule has 1 fully saturated rings. The quantitative estimate of drug-likeness (QED) is 0.676. The molecule has 0 spiro atoms. The summed E-state index contributed by atoms with van der Waals surface area (Å²) in [5, 5.41) is 0. The minimum Gasteiger partial charge on any atom is -0.303 e. The number of thioether (sulfide) groups is 1. The van der Waals surface area contributed by atoms with E-state index in [9.17, 15) is 0 Å². The molecule has 1 saturated heterocycles. The van der Waals surface area contributed by atoms with Crippen LogP contribution in [0.1, 0.15) is 52.5 Å². The molecule has 0 aromatic heterocycles. The fourth-order valence-corrected chi connectivity index (χ4v) is 3.02. The standard InChI is InChI=1S/C14H21NS.2C2H6/c1-16-14-8-4-3-7-13(14)9-12-15-10-5-2-6-11-15;2*1-2/h3-4,7-8H,2,5-6,9-12H2,1H3;2*1-2H3.